The Morgan fingerprint density at radius 3 is 2.26 bits per heavy atom. The Hall–Kier alpha value is -0.110. The summed E-state index contributed by atoms with van der Waals surface area (Å²) in [7, 11) is -3.02. The Morgan fingerprint density at radius 2 is 1.79 bits per heavy atom. The quantitative estimate of drug-likeness (QED) is 0.744. The summed E-state index contributed by atoms with van der Waals surface area (Å²) in [5.74, 6) is 0.826. The molecule has 4 nitrogen and oxygen atoms in total. The maximum Gasteiger partial charge on any atom is 0.153 e. The van der Waals surface area contributed by atoms with Crippen LogP contribution in [0, 0.1) is 0 Å². The number of benzene rings is 1. The van der Waals surface area contributed by atoms with Crippen LogP contribution in [0.15, 0.2) is 21.1 Å². The molecule has 0 aliphatic carbocycles. The van der Waals surface area contributed by atoms with Crippen molar-refractivity contribution in [3.8, 4) is 5.75 Å². The summed E-state index contributed by atoms with van der Waals surface area (Å²) in [6.07, 6.45) is 0.626. The number of hydrogen-bond acceptors (Lipinski definition) is 4. The van der Waals surface area contributed by atoms with Gasteiger partial charge in [-0.2, -0.15) is 0 Å². The molecule has 0 radical (unpaired) electrons. The van der Waals surface area contributed by atoms with Crippen LogP contribution in [0.1, 0.15) is 18.9 Å². The van der Waals surface area contributed by atoms with Gasteiger partial charge in [0, 0.05) is 6.54 Å². The van der Waals surface area contributed by atoms with Gasteiger partial charge in [0.2, 0.25) is 0 Å². The summed E-state index contributed by atoms with van der Waals surface area (Å²) in [6.45, 7) is 2.42. The third kappa shape index (κ3) is 5.41. The van der Waals surface area contributed by atoms with Gasteiger partial charge in [-0.05, 0) is 56.0 Å². The van der Waals surface area contributed by atoms with Crippen molar-refractivity contribution in [3.05, 3.63) is 26.6 Å². The number of halogens is 2. The van der Waals surface area contributed by atoms with Gasteiger partial charge in [0.1, 0.15) is 12.4 Å². The predicted molar refractivity (Wildman–Crippen MR) is 84.2 cm³/mol. The van der Waals surface area contributed by atoms with Crippen LogP contribution in [0.5, 0.6) is 5.75 Å². The molecule has 0 aliphatic heterocycles. The fourth-order valence-corrected chi connectivity index (χ4v) is 4.23. The molecule has 0 bridgehead atoms. The average molecular weight is 415 g/mol. The van der Waals surface area contributed by atoms with Crippen LogP contribution in [-0.4, -0.2) is 26.5 Å². The van der Waals surface area contributed by atoms with Gasteiger partial charge in [0.15, 0.2) is 9.84 Å². The monoisotopic (exact) mass is 413 g/mol. The zero-order chi connectivity index (χ0) is 14.5. The highest BCUT2D eigenvalue weighted by Crippen LogP contribution is 2.34. The smallest absolute Gasteiger partial charge is 0.153 e. The topological polar surface area (TPSA) is 69.4 Å². The lowest BCUT2D eigenvalue weighted by atomic mass is 10.2. The summed E-state index contributed by atoms with van der Waals surface area (Å²) < 4.78 is 30.2. The first-order valence-corrected chi connectivity index (χ1v) is 9.31. The summed E-state index contributed by atoms with van der Waals surface area (Å²) in [6, 6.07) is 3.72. The molecule has 0 aliphatic rings. The van der Waals surface area contributed by atoms with Crippen molar-refractivity contribution in [2.75, 3.05) is 18.1 Å². The van der Waals surface area contributed by atoms with Gasteiger partial charge in [-0.25, -0.2) is 8.42 Å². The van der Waals surface area contributed by atoms with Gasteiger partial charge in [0.25, 0.3) is 0 Å². The first kappa shape index (κ1) is 16.9. The summed E-state index contributed by atoms with van der Waals surface area (Å²) >= 11 is 6.78. The van der Waals surface area contributed by atoms with Gasteiger partial charge in [-0.15, -0.1) is 0 Å². The maximum absolute atomic E-state index is 11.6. The lowest BCUT2D eigenvalue weighted by Crippen LogP contribution is -2.17. The molecular weight excluding hydrogens is 398 g/mol. The number of sulfone groups is 1. The van der Waals surface area contributed by atoms with Gasteiger partial charge in [0.05, 0.1) is 20.5 Å². The van der Waals surface area contributed by atoms with E-state index in [1.165, 1.54) is 0 Å². The molecule has 1 aromatic rings. The Kier molecular flexibility index (Phi) is 6.79. The molecule has 0 aromatic heterocycles. The molecule has 0 heterocycles. The number of nitrogens with two attached hydrogens (primary N) is 1. The average Bonchev–Trinajstić information content (AvgIpc) is 2.32. The maximum atomic E-state index is 11.6. The number of rotatable bonds is 7. The minimum Gasteiger partial charge on any atom is -0.490 e. The van der Waals surface area contributed by atoms with Gasteiger partial charge >= 0.3 is 0 Å². The van der Waals surface area contributed by atoms with Crippen molar-refractivity contribution in [1.82, 2.24) is 0 Å². The third-order valence-corrected chi connectivity index (χ3v) is 5.45. The Bertz CT molecular complexity index is 509. The van der Waals surface area contributed by atoms with Crippen molar-refractivity contribution < 1.29 is 13.2 Å². The molecule has 0 saturated carbocycles. The second kappa shape index (κ2) is 7.61. The van der Waals surface area contributed by atoms with E-state index in [0.29, 0.717) is 18.7 Å². The number of hydrogen-bond donors (Lipinski definition) is 1. The van der Waals surface area contributed by atoms with Crippen LogP contribution in [0.3, 0.4) is 0 Å². The van der Waals surface area contributed by atoms with E-state index in [2.05, 4.69) is 31.9 Å². The lowest BCUT2D eigenvalue weighted by Gasteiger charge is -2.12. The normalized spacial score (nSPS) is 11.6. The molecule has 0 amide bonds. The first-order valence-electron chi connectivity index (χ1n) is 5.91. The van der Waals surface area contributed by atoms with Gasteiger partial charge in [-0.1, -0.05) is 6.92 Å². The van der Waals surface area contributed by atoms with Crippen molar-refractivity contribution in [3.63, 3.8) is 0 Å². The SMILES string of the molecule is CCCS(=O)(=O)CCOc1c(Br)cc(CN)cc1Br. The number of ether oxygens (including phenoxy) is 1. The third-order valence-electron chi connectivity index (χ3n) is 2.45. The largest absolute Gasteiger partial charge is 0.490 e. The second-order valence-electron chi connectivity index (χ2n) is 4.09. The molecule has 1 aromatic carbocycles. The van der Waals surface area contributed by atoms with Crippen molar-refractivity contribution in [2.24, 2.45) is 5.73 Å². The lowest BCUT2D eigenvalue weighted by molar-refractivity contribution is 0.336. The van der Waals surface area contributed by atoms with E-state index < -0.39 is 9.84 Å². The highest BCUT2D eigenvalue weighted by Gasteiger charge is 2.12. The molecule has 7 heteroatoms. The molecule has 1 rings (SSSR count). The predicted octanol–water partition coefficient (Wildman–Crippen LogP) is 2.87. The molecule has 0 unspecified atom stereocenters. The Labute approximate surface area is 130 Å². The first-order chi connectivity index (χ1) is 8.89. The van der Waals surface area contributed by atoms with Crippen LogP contribution in [0.25, 0.3) is 0 Å². The van der Waals surface area contributed by atoms with Crippen LogP contribution < -0.4 is 10.5 Å². The van der Waals surface area contributed by atoms with Crippen LogP contribution >= 0.6 is 31.9 Å². The van der Waals surface area contributed by atoms with Crippen molar-refractivity contribution in [2.45, 2.75) is 19.9 Å². The van der Waals surface area contributed by atoms with E-state index in [4.69, 9.17) is 10.5 Å². The zero-order valence-electron chi connectivity index (χ0n) is 10.7. The summed E-state index contributed by atoms with van der Waals surface area (Å²) in [4.78, 5) is 0. The van der Waals surface area contributed by atoms with Gasteiger partial charge < -0.3 is 10.5 Å². The van der Waals surface area contributed by atoms with Gasteiger partial charge in [-0.3, -0.25) is 0 Å². The van der Waals surface area contributed by atoms with E-state index in [-0.39, 0.29) is 18.1 Å². The van der Waals surface area contributed by atoms with Crippen LogP contribution in [0.2, 0.25) is 0 Å². The summed E-state index contributed by atoms with van der Waals surface area (Å²) in [5, 5.41) is 0. The highest BCUT2D eigenvalue weighted by molar-refractivity contribution is 9.11. The van der Waals surface area contributed by atoms with Crippen LogP contribution in [-0.2, 0) is 16.4 Å². The van der Waals surface area contributed by atoms with Crippen molar-refractivity contribution >= 4 is 41.7 Å². The molecule has 0 fully saturated rings. The van der Waals surface area contributed by atoms with E-state index in [0.717, 1.165) is 14.5 Å². The molecule has 19 heavy (non-hydrogen) atoms. The minimum absolute atomic E-state index is 0.0262. The Balaban J connectivity index is 2.69. The zero-order valence-corrected chi connectivity index (χ0v) is 14.6. The molecular formula is C12H17Br2NO3S. The minimum atomic E-state index is -3.02. The standard InChI is InChI=1S/C12H17Br2NO3S/c1-2-4-19(16,17)5-3-18-12-10(13)6-9(8-15)7-11(12)14/h6-7H,2-5,8,15H2,1H3. The van der Waals surface area contributed by atoms with E-state index in [1.54, 1.807) is 0 Å². The van der Waals surface area contributed by atoms with E-state index >= 15 is 0 Å². The highest BCUT2D eigenvalue weighted by atomic mass is 79.9. The molecule has 108 valence electrons. The Morgan fingerprint density at radius 1 is 1.21 bits per heavy atom. The van der Waals surface area contributed by atoms with Crippen LogP contribution in [0.4, 0.5) is 0 Å². The fraction of sp³-hybridized carbons (Fsp3) is 0.500. The second-order valence-corrected chi connectivity index (χ2v) is 8.11. The molecule has 2 N–H and O–H groups in total. The van der Waals surface area contributed by atoms with E-state index in [9.17, 15) is 8.42 Å². The molecule has 0 saturated heterocycles. The molecule has 0 spiro atoms. The van der Waals surface area contributed by atoms with E-state index in [1.807, 2.05) is 19.1 Å². The summed E-state index contributed by atoms with van der Waals surface area (Å²) in [5.41, 5.74) is 6.53. The molecule has 0 atom stereocenters. The fourth-order valence-electron chi connectivity index (χ4n) is 1.55. The van der Waals surface area contributed by atoms with Crippen molar-refractivity contribution in [1.29, 1.82) is 0 Å².